The van der Waals surface area contributed by atoms with Gasteiger partial charge in [0.05, 0.1) is 12.2 Å². The van der Waals surface area contributed by atoms with Gasteiger partial charge in [0.15, 0.2) is 0 Å². The fourth-order valence-corrected chi connectivity index (χ4v) is 2.16. The van der Waals surface area contributed by atoms with E-state index >= 15 is 0 Å². The summed E-state index contributed by atoms with van der Waals surface area (Å²) < 4.78 is 5.03. The van der Waals surface area contributed by atoms with Crippen LogP contribution in [0.4, 0.5) is 0 Å². The summed E-state index contributed by atoms with van der Waals surface area (Å²) in [5.74, 6) is -0.551. The maximum Gasteiger partial charge on any atom is 0.330 e. The molecule has 108 valence electrons. The molecule has 1 aliphatic heterocycles. The van der Waals surface area contributed by atoms with E-state index < -0.39 is 6.04 Å². The highest BCUT2D eigenvalue weighted by Crippen LogP contribution is 2.12. The molecule has 1 N–H and O–H groups in total. The first-order valence-corrected chi connectivity index (χ1v) is 6.74. The summed E-state index contributed by atoms with van der Waals surface area (Å²) in [7, 11) is 0. The fourth-order valence-electron chi connectivity index (χ4n) is 2.16. The topological polar surface area (TPSA) is 71.5 Å². The number of aromatic nitrogens is 1. The number of carbonyl (C=O) groups is 2. The minimum atomic E-state index is -0.572. The highest BCUT2D eigenvalue weighted by atomic mass is 16.5. The number of amides is 1. The molecule has 0 aromatic carbocycles. The van der Waals surface area contributed by atoms with Crippen LogP contribution >= 0.6 is 0 Å². The predicted molar refractivity (Wildman–Crippen MR) is 73.3 cm³/mol. The average molecular weight is 277 g/mol. The largest absolute Gasteiger partial charge is 0.464 e. The van der Waals surface area contributed by atoms with Crippen LogP contribution in [0, 0.1) is 6.92 Å². The summed E-state index contributed by atoms with van der Waals surface area (Å²) in [6.07, 6.45) is 1.54. The number of rotatable bonds is 3. The third kappa shape index (κ3) is 3.14. The zero-order valence-electron chi connectivity index (χ0n) is 11.8. The van der Waals surface area contributed by atoms with Crippen LogP contribution in [-0.4, -0.2) is 54.0 Å². The fraction of sp³-hybridized carbons (Fsp3) is 0.500. The minimum Gasteiger partial charge on any atom is -0.464 e. The summed E-state index contributed by atoms with van der Waals surface area (Å²) in [5.41, 5.74) is 1.34. The van der Waals surface area contributed by atoms with Crippen molar-refractivity contribution in [3.05, 3.63) is 29.6 Å². The molecule has 1 saturated heterocycles. The van der Waals surface area contributed by atoms with E-state index in [1.54, 1.807) is 30.2 Å². The molecule has 0 aliphatic carbocycles. The Morgan fingerprint density at radius 1 is 1.50 bits per heavy atom. The number of piperazine rings is 1. The van der Waals surface area contributed by atoms with Gasteiger partial charge in [0.1, 0.15) is 6.04 Å². The minimum absolute atomic E-state index is 0.183. The van der Waals surface area contributed by atoms with E-state index in [4.69, 9.17) is 4.74 Å². The lowest BCUT2D eigenvalue weighted by atomic mass is 10.1. The average Bonchev–Trinajstić information content (AvgIpc) is 2.47. The Hall–Kier alpha value is -1.95. The van der Waals surface area contributed by atoms with Crippen molar-refractivity contribution in [2.75, 3.05) is 26.2 Å². The van der Waals surface area contributed by atoms with Crippen LogP contribution < -0.4 is 5.32 Å². The van der Waals surface area contributed by atoms with Crippen LogP contribution in [0.5, 0.6) is 0 Å². The van der Waals surface area contributed by atoms with E-state index in [9.17, 15) is 9.59 Å². The number of pyridine rings is 1. The second-order valence-electron chi connectivity index (χ2n) is 4.66. The van der Waals surface area contributed by atoms with Crippen molar-refractivity contribution in [2.45, 2.75) is 19.9 Å². The lowest BCUT2D eigenvalue weighted by Gasteiger charge is -2.34. The molecule has 1 aromatic rings. The summed E-state index contributed by atoms with van der Waals surface area (Å²) in [4.78, 5) is 30.1. The molecular weight excluding hydrogens is 258 g/mol. The number of nitrogens with one attached hydrogen (secondary N) is 1. The summed E-state index contributed by atoms with van der Waals surface area (Å²) >= 11 is 0. The van der Waals surface area contributed by atoms with Gasteiger partial charge in [-0.1, -0.05) is 0 Å². The van der Waals surface area contributed by atoms with Gasteiger partial charge in [0, 0.05) is 31.5 Å². The monoisotopic (exact) mass is 277 g/mol. The molecule has 6 heteroatoms. The Bertz CT molecular complexity index is 487. The SMILES string of the molecule is CCOC(=O)C1CNCCN1C(=O)c1ccc(C)nc1. The molecule has 0 saturated carbocycles. The first-order chi connectivity index (χ1) is 9.63. The summed E-state index contributed by atoms with van der Waals surface area (Å²) in [6, 6.07) is 2.95. The van der Waals surface area contributed by atoms with Crippen LogP contribution in [0.2, 0.25) is 0 Å². The van der Waals surface area contributed by atoms with Crippen LogP contribution in [0.1, 0.15) is 23.0 Å². The van der Waals surface area contributed by atoms with Gasteiger partial charge in [0.2, 0.25) is 0 Å². The molecule has 2 heterocycles. The maximum absolute atomic E-state index is 12.5. The Labute approximate surface area is 118 Å². The van der Waals surface area contributed by atoms with Gasteiger partial charge in [-0.05, 0) is 26.0 Å². The standard InChI is InChI=1S/C14H19N3O3/c1-3-20-14(19)12-9-15-6-7-17(12)13(18)11-5-4-10(2)16-8-11/h4-5,8,12,15H,3,6-7,9H2,1-2H3. The molecule has 0 radical (unpaired) electrons. The van der Waals surface area contributed by atoms with Crippen LogP contribution in [0.3, 0.4) is 0 Å². The van der Waals surface area contributed by atoms with E-state index in [1.165, 1.54) is 0 Å². The van der Waals surface area contributed by atoms with E-state index in [1.807, 2.05) is 6.92 Å². The van der Waals surface area contributed by atoms with E-state index in [0.29, 0.717) is 31.8 Å². The zero-order chi connectivity index (χ0) is 14.5. The molecular formula is C14H19N3O3. The molecule has 0 bridgehead atoms. The van der Waals surface area contributed by atoms with Crippen LogP contribution in [0.25, 0.3) is 0 Å². The first-order valence-electron chi connectivity index (χ1n) is 6.74. The molecule has 1 aromatic heterocycles. The number of carbonyl (C=O) groups excluding carboxylic acids is 2. The van der Waals surface area contributed by atoms with Crippen molar-refractivity contribution in [3.8, 4) is 0 Å². The van der Waals surface area contributed by atoms with Gasteiger partial charge < -0.3 is 15.0 Å². The lowest BCUT2D eigenvalue weighted by molar-refractivity contribution is -0.149. The zero-order valence-corrected chi connectivity index (χ0v) is 11.8. The van der Waals surface area contributed by atoms with E-state index in [-0.39, 0.29) is 11.9 Å². The molecule has 1 amide bonds. The molecule has 2 rings (SSSR count). The number of esters is 1. The predicted octanol–water partition coefficient (Wildman–Crippen LogP) is 0.367. The first kappa shape index (κ1) is 14.5. The lowest BCUT2D eigenvalue weighted by Crippen LogP contribution is -2.57. The third-order valence-electron chi connectivity index (χ3n) is 3.22. The molecule has 1 aliphatic rings. The van der Waals surface area contributed by atoms with E-state index in [2.05, 4.69) is 10.3 Å². The van der Waals surface area contributed by atoms with Crippen molar-refractivity contribution < 1.29 is 14.3 Å². The molecule has 0 spiro atoms. The number of ether oxygens (including phenoxy) is 1. The van der Waals surface area contributed by atoms with Gasteiger partial charge in [-0.15, -0.1) is 0 Å². The second kappa shape index (κ2) is 6.47. The summed E-state index contributed by atoms with van der Waals surface area (Å²) in [6.45, 7) is 5.50. The van der Waals surface area contributed by atoms with Crippen molar-refractivity contribution >= 4 is 11.9 Å². The number of aryl methyl sites for hydroxylation is 1. The van der Waals surface area contributed by atoms with Gasteiger partial charge >= 0.3 is 5.97 Å². The second-order valence-corrected chi connectivity index (χ2v) is 4.66. The molecule has 1 atom stereocenters. The quantitative estimate of drug-likeness (QED) is 0.808. The summed E-state index contributed by atoms with van der Waals surface area (Å²) in [5, 5.41) is 3.11. The number of hydrogen-bond acceptors (Lipinski definition) is 5. The molecule has 20 heavy (non-hydrogen) atoms. The van der Waals surface area contributed by atoms with Crippen molar-refractivity contribution in [2.24, 2.45) is 0 Å². The Balaban J connectivity index is 2.16. The van der Waals surface area contributed by atoms with Crippen molar-refractivity contribution in [1.29, 1.82) is 0 Å². The maximum atomic E-state index is 12.5. The van der Waals surface area contributed by atoms with Crippen molar-refractivity contribution in [1.82, 2.24) is 15.2 Å². The van der Waals surface area contributed by atoms with E-state index in [0.717, 1.165) is 5.69 Å². The Kier molecular flexibility index (Phi) is 4.68. The van der Waals surface area contributed by atoms with Gasteiger partial charge in [-0.3, -0.25) is 9.78 Å². The van der Waals surface area contributed by atoms with Crippen LogP contribution in [-0.2, 0) is 9.53 Å². The molecule has 1 unspecified atom stereocenters. The highest BCUT2D eigenvalue weighted by Gasteiger charge is 2.33. The molecule has 1 fully saturated rings. The van der Waals surface area contributed by atoms with Crippen LogP contribution in [0.15, 0.2) is 18.3 Å². The number of nitrogens with zero attached hydrogens (tertiary/aromatic N) is 2. The van der Waals surface area contributed by atoms with Gasteiger partial charge in [-0.2, -0.15) is 0 Å². The Morgan fingerprint density at radius 3 is 2.95 bits per heavy atom. The van der Waals surface area contributed by atoms with Gasteiger partial charge in [0.25, 0.3) is 5.91 Å². The Morgan fingerprint density at radius 2 is 2.30 bits per heavy atom. The third-order valence-corrected chi connectivity index (χ3v) is 3.22. The van der Waals surface area contributed by atoms with Crippen molar-refractivity contribution in [3.63, 3.8) is 0 Å². The normalized spacial score (nSPS) is 18.7. The smallest absolute Gasteiger partial charge is 0.330 e. The molecule has 6 nitrogen and oxygen atoms in total. The van der Waals surface area contributed by atoms with Gasteiger partial charge in [-0.25, -0.2) is 4.79 Å². The highest BCUT2D eigenvalue weighted by molar-refractivity contribution is 5.96. The number of hydrogen-bond donors (Lipinski definition) is 1.